The molecule has 1 heterocycles. The number of nitrogens with one attached hydrogen (secondary N) is 1. The van der Waals surface area contributed by atoms with Crippen LogP contribution in [0.2, 0.25) is 0 Å². The standard InChI is InChI=1S/C18H22N2O7/c1-11(27-18(26)19-8-4-2-3-5-9-21)20-15(22)13-7-6-12(17(24)25)10-14(13)16(20)23/h6-7,10-11,21H,2-5,8-9H2,1H3,(H,19,26)(H,24,25). The number of aliphatic hydroxyl groups excluding tert-OH is 1. The number of hydrogen-bond donors (Lipinski definition) is 3. The zero-order chi connectivity index (χ0) is 20.0. The first-order valence-electron chi connectivity index (χ1n) is 8.67. The van der Waals surface area contributed by atoms with Crippen molar-refractivity contribution in [2.75, 3.05) is 13.2 Å². The monoisotopic (exact) mass is 378 g/mol. The number of rotatable bonds is 9. The lowest BCUT2D eigenvalue weighted by Crippen LogP contribution is -2.42. The van der Waals surface area contributed by atoms with Crippen molar-refractivity contribution >= 4 is 23.9 Å². The van der Waals surface area contributed by atoms with Crippen LogP contribution in [0.5, 0.6) is 0 Å². The summed E-state index contributed by atoms with van der Waals surface area (Å²) in [6, 6.07) is 3.65. The quantitative estimate of drug-likeness (QED) is 0.439. The van der Waals surface area contributed by atoms with Gasteiger partial charge in [-0.2, -0.15) is 0 Å². The molecule has 0 fully saturated rings. The Hall–Kier alpha value is -2.94. The number of fused-ring (bicyclic) bond motifs is 1. The van der Waals surface area contributed by atoms with E-state index in [0.717, 1.165) is 23.8 Å². The van der Waals surface area contributed by atoms with Crippen molar-refractivity contribution in [3.8, 4) is 0 Å². The van der Waals surface area contributed by atoms with E-state index < -0.39 is 30.1 Å². The van der Waals surface area contributed by atoms with E-state index in [1.165, 1.54) is 19.1 Å². The number of carboxylic acid groups (broad SMARTS) is 1. The summed E-state index contributed by atoms with van der Waals surface area (Å²) < 4.78 is 5.09. The number of alkyl carbamates (subject to hydrolysis) is 1. The van der Waals surface area contributed by atoms with E-state index in [2.05, 4.69) is 5.32 Å². The average Bonchev–Trinajstić information content (AvgIpc) is 2.88. The molecule has 9 heteroatoms. The molecule has 1 unspecified atom stereocenters. The number of carbonyl (C=O) groups excluding carboxylic acids is 3. The van der Waals surface area contributed by atoms with Gasteiger partial charge in [-0.1, -0.05) is 12.8 Å². The first kappa shape index (κ1) is 20.4. The largest absolute Gasteiger partial charge is 0.478 e. The Kier molecular flexibility index (Phi) is 6.89. The Balaban J connectivity index is 1.92. The summed E-state index contributed by atoms with van der Waals surface area (Å²) in [4.78, 5) is 48.5. The van der Waals surface area contributed by atoms with Crippen LogP contribution in [-0.2, 0) is 4.74 Å². The molecule has 3 amide bonds. The van der Waals surface area contributed by atoms with Crippen LogP contribution in [0.15, 0.2) is 18.2 Å². The molecule has 1 aromatic rings. The Bertz CT molecular complexity index is 747. The third-order valence-corrected chi connectivity index (χ3v) is 4.16. The highest BCUT2D eigenvalue weighted by molar-refractivity contribution is 6.22. The third kappa shape index (κ3) is 4.82. The predicted molar refractivity (Wildman–Crippen MR) is 93.4 cm³/mol. The molecule has 1 aliphatic rings. The summed E-state index contributed by atoms with van der Waals surface area (Å²) in [5.74, 6) is -2.56. The van der Waals surface area contributed by atoms with Gasteiger partial charge in [0.05, 0.1) is 16.7 Å². The lowest BCUT2D eigenvalue weighted by atomic mass is 10.1. The molecule has 1 aromatic carbocycles. The first-order valence-corrected chi connectivity index (χ1v) is 8.67. The van der Waals surface area contributed by atoms with Crippen LogP contribution >= 0.6 is 0 Å². The van der Waals surface area contributed by atoms with E-state index in [1.807, 2.05) is 0 Å². The molecule has 1 aliphatic heterocycles. The number of unbranched alkanes of at least 4 members (excludes halogenated alkanes) is 3. The highest BCUT2D eigenvalue weighted by atomic mass is 16.6. The summed E-state index contributed by atoms with van der Waals surface area (Å²) in [5.41, 5.74) is -0.0614. The number of aliphatic hydroxyl groups is 1. The summed E-state index contributed by atoms with van der Waals surface area (Å²) in [6.45, 7) is 1.91. The first-order chi connectivity index (χ1) is 12.9. The maximum Gasteiger partial charge on any atom is 0.409 e. The smallest absolute Gasteiger partial charge is 0.409 e. The van der Waals surface area contributed by atoms with E-state index >= 15 is 0 Å². The molecule has 27 heavy (non-hydrogen) atoms. The molecule has 3 N–H and O–H groups in total. The molecule has 0 spiro atoms. The maximum absolute atomic E-state index is 12.4. The van der Waals surface area contributed by atoms with Crippen molar-refractivity contribution in [1.82, 2.24) is 10.2 Å². The molecule has 0 saturated heterocycles. The number of ether oxygens (including phenoxy) is 1. The molecule has 146 valence electrons. The van der Waals surface area contributed by atoms with Gasteiger partial charge in [-0.05, 0) is 38.0 Å². The highest BCUT2D eigenvalue weighted by Gasteiger charge is 2.40. The van der Waals surface area contributed by atoms with Crippen molar-refractivity contribution in [2.24, 2.45) is 0 Å². The van der Waals surface area contributed by atoms with Crippen molar-refractivity contribution in [3.05, 3.63) is 34.9 Å². The van der Waals surface area contributed by atoms with Gasteiger partial charge in [0, 0.05) is 13.2 Å². The zero-order valence-corrected chi connectivity index (χ0v) is 14.9. The number of imide groups is 1. The minimum atomic E-state index is -1.21. The minimum Gasteiger partial charge on any atom is -0.478 e. The average molecular weight is 378 g/mol. The lowest BCUT2D eigenvalue weighted by Gasteiger charge is -2.22. The van der Waals surface area contributed by atoms with E-state index in [9.17, 15) is 19.2 Å². The normalized spacial score (nSPS) is 14.1. The van der Waals surface area contributed by atoms with Crippen molar-refractivity contribution in [3.63, 3.8) is 0 Å². The van der Waals surface area contributed by atoms with Crippen molar-refractivity contribution in [2.45, 2.75) is 38.8 Å². The number of carboxylic acids is 1. The van der Waals surface area contributed by atoms with Gasteiger partial charge >= 0.3 is 12.1 Å². The zero-order valence-electron chi connectivity index (χ0n) is 14.9. The molecule has 0 saturated carbocycles. The Labute approximate surface area is 155 Å². The fourth-order valence-electron chi connectivity index (χ4n) is 2.75. The number of nitrogens with zero attached hydrogens (tertiary/aromatic N) is 1. The Morgan fingerprint density at radius 3 is 2.44 bits per heavy atom. The molecule has 1 atom stereocenters. The second-order valence-electron chi connectivity index (χ2n) is 6.12. The van der Waals surface area contributed by atoms with Gasteiger partial charge in [0.1, 0.15) is 0 Å². The second kappa shape index (κ2) is 9.13. The lowest BCUT2D eigenvalue weighted by molar-refractivity contribution is 0.0104. The van der Waals surface area contributed by atoms with Crippen LogP contribution < -0.4 is 5.32 Å². The molecule has 0 bridgehead atoms. The summed E-state index contributed by atoms with van der Waals surface area (Å²) >= 11 is 0. The molecule has 2 rings (SSSR count). The fraction of sp³-hybridized carbons (Fsp3) is 0.444. The van der Waals surface area contributed by atoms with Gasteiger partial charge in [-0.3, -0.25) is 9.59 Å². The van der Waals surface area contributed by atoms with Gasteiger partial charge in [-0.25, -0.2) is 14.5 Å². The van der Waals surface area contributed by atoms with E-state index in [4.69, 9.17) is 14.9 Å². The fourth-order valence-corrected chi connectivity index (χ4v) is 2.75. The molecule has 0 radical (unpaired) electrons. The predicted octanol–water partition coefficient (Wildman–Crippen LogP) is 1.61. The second-order valence-corrected chi connectivity index (χ2v) is 6.12. The molecular formula is C18H22N2O7. The minimum absolute atomic E-state index is 0.0281. The van der Waals surface area contributed by atoms with Gasteiger partial charge < -0.3 is 20.3 Å². The van der Waals surface area contributed by atoms with Crippen LogP contribution in [0.1, 0.15) is 63.7 Å². The van der Waals surface area contributed by atoms with E-state index in [-0.39, 0.29) is 23.3 Å². The van der Waals surface area contributed by atoms with Gasteiger partial charge in [-0.15, -0.1) is 0 Å². The van der Waals surface area contributed by atoms with Gasteiger partial charge in [0.2, 0.25) is 0 Å². The van der Waals surface area contributed by atoms with Crippen LogP contribution in [0.4, 0.5) is 4.79 Å². The Morgan fingerprint density at radius 2 is 1.78 bits per heavy atom. The summed E-state index contributed by atoms with van der Waals surface area (Å²) in [7, 11) is 0. The van der Waals surface area contributed by atoms with Crippen LogP contribution in [-0.4, -0.2) is 58.4 Å². The number of benzene rings is 1. The Morgan fingerprint density at radius 1 is 1.11 bits per heavy atom. The van der Waals surface area contributed by atoms with E-state index in [0.29, 0.717) is 19.4 Å². The van der Waals surface area contributed by atoms with Crippen molar-refractivity contribution < 1.29 is 34.1 Å². The van der Waals surface area contributed by atoms with Gasteiger partial charge in [0.25, 0.3) is 11.8 Å². The number of amides is 3. The number of carbonyl (C=O) groups is 4. The molecule has 0 aliphatic carbocycles. The van der Waals surface area contributed by atoms with Crippen LogP contribution in [0.3, 0.4) is 0 Å². The molecular weight excluding hydrogens is 356 g/mol. The van der Waals surface area contributed by atoms with Gasteiger partial charge in [0.15, 0.2) is 6.23 Å². The molecule has 0 aromatic heterocycles. The molecule has 9 nitrogen and oxygen atoms in total. The van der Waals surface area contributed by atoms with E-state index in [1.54, 1.807) is 0 Å². The number of hydrogen-bond acceptors (Lipinski definition) is 6. The third-order valence-electron chi connectivity index (χ3n) is 4.16. The highest BCUT2D eigenvalue weighted by Crippen LogP contribution is 2.26. The summed E-state index contributed by atoms with van der Waals surface area (Å²) in [5, 5.41) is 20.2. The van der Waals surface area contributed by atoms with Crippen molar-refractivity contribution in [1.29, 1.82) is 0 Å². The summed E-state index contributed by atoms with van der Waals surface area (Å²) in [6.07, 6.45) is 1.24. The maximum atomic E-state index is 12.4. The number of aromatic carboxylic acids is 1. The van der Waals surface area contributed by atoms with Crippen LogP contribution in [0.25, 0.3) is 0 Å². The SMILES string of the molecule is CC(OC(=O)NCCCCCCO)N1C(=O)c2ccc(C(=O)O)cc2C1=O. The van der Waals surface area contributed by atoms with Crippen LogP contribution in [0, 0.1) is 0 Å². The topological polar surface area (TPSA) is 133 Å².